The van der Waals surface area contributed by atoms with E-state index < -0.39 is 0 Å². The standard InChI is InChI=1S/C12H15IN2O/c1-16-8-4-7-15-12-6-3-2-5-10(12)11(9-13)14-15/h2-3,5-6H,4,7-9H2,1H3. The summed E-state index contributed by atoms with van der Waals surface area (Å²) in [5.41, 5.74) is 2.40. The summed E-state index contributed by atoms with van der Waals surface area (Å²) in [5.74, 6) is 0. The first-order chi connectivity index (χ1) is 7.86. The summed E-state index contributed by atoms with van der Waals surface area (Å²) in [6.45, 7) is 1.71. The molecule has 1 aromatic carbocycles. The Bertz CT molecular complexity index is 467. The first kappa shape index (κ1) is 11.9. The quantitative estimate of drug-likeness (QED) is 0.479. The molecule has 0 aliphatic rings. The smallest absolute Gasteiger partial charge is 0.0800 e. The van der Waals surface area contributed by atoms with Gasteiger partial charge in [0.15, 0.2) is 0 Å². The van der Waals surface area contributed by atoms with Crippen molar-refractivity contribution in [2.24, 2.45) is 0 Å². The Morgan fingerprint density at radius 2 is 2.19 bits per heavy atom. The molecule has 4 heteroatoms. The SMILES string of the molecule is COCCCn1nc(CI)c2ccccc21. The minimum absolute atomic E-state index is 0.785. The van der Waals surface area contributed by atoms with E-state index in [4.69, 9.17) is 4.74 Å². The topological polar surface area (TPSA) is 27.1 Å². The zero-order valence-corrected chi connectivity index (χ0v) is 11.5. The fourth-order valence-electron chi connectivity index (χ4n) is 1.82. The van der Waals surface area contributed by atoms with E-state index >= 15 is 0 Å². The van der Waals surface area contributed by atoms with Crippen LogP contribution in [-0.4, -0.2) is 23.5 Å². The minimum Gasteiger partial charge on any atom is -0.385 e. The zero-order chi connectivity index (χ0) is 11.4. The van der Waals surface area contributed by atoms with E-state index in [9.17, 15) is 0 Å². The molecule has 0 radical (unpaired) electrons. The second-order valence-corrected chi connectivity index (χ2v) is 4.43. The van der Waals surface area contributed by atoms with Crippen LogP contribution in [0.1, 0.15) is 12.1 Å². The molecule has 0 unspecified atom stereocenters. The van der Waals surface area contributed by atoms with Gasteiger partial charge in [0, 0.05) is 30.1 Å². The highest BCUT2D eigenvalue weighted by Crippen LogP contribution is 2.20. The van der Waals surface area contributed by atoms with Gasteiger partial charge in [-0.25, -0.2) is 0 Å². The number of hydrogen-bond donors (Lipinski definition) is 0. The van der Waals surface area contributed by atoms with Crippen LogP contribution in [-0.2, 0) is 15.7 Å². The number of alkyl halides is 1. The van der Waals surface area contributed by atoms with Crippen molar-refractivity contribution in [3.05, 3.63) is 30.0 Å². The Morgan fingerprint density at radius 3 is 2.94 bits per heavy atom. The van der Waals surface area contributed by atoms with Crippen LogP contribution in [0.25, 0.3) is 10.9 Å². The molecule has 2 rings (SSSR count). The van der Waals surface area contributed by atoms with Crippen LogP contribution in [0.15, 0.2) is 24.3 Å². The van der Waals surface area contributed by atoms with E-state index in [0.717, 1.165) is 24.0 Å². The van der Waals surface area contributed by atoms with Gasteiger partial charge in [0.1, 0.15) is 0 Å². The molecular formula is C12H15IN2O. The van der Waals surface area contributed by atoms with E-state index in [1.54, 1.807) is 7.11 Å². The first-order valence-corrected chi connectivity index (χ1v) is 6.88. The number of aryl methyl sites for hydroxylation is 1. The zero-order valence-electron chi connectivity index (χ0n) is 9.32. The lowest BCUT2D eigenvalue weighted by Crippen LogP contribution is -2.03. The second-order valence-electron chi connectivity index (χ2n) is 3.67. The largest absolute Gasteiger partial charge is 0.385 e. The normalized spacial score (nSPS) is 11.1. The van der Waals surface area contributed by atoms with Gasteiger partial charge in [-0.1, -0.05) is 40.8 Å². The summed E-state index contributed by atoms with van der Waals surface area (Å²) in [6, 6.07) is 8.40. The van der Waals surface area contributed by atoms with Gasteiger partial charge >= 0.3 is 0 Å². The second kappa shape index (κ2) is 5.63. The number of methoxy groups -OCH3 is 1. The Hall–Kier alpha value is -0.620. The Morgan fingerprint density at radius 1 is 1.38 bits per heavy atom. The van der Waals surface area contributed by atoms with Crippen LogP contribution in [0.3, 0.4) is 0 Å². The van der Waals surface area contributed by atoms with Gasteiger partial charge in [0.2, 0.25) is 0 Å². The third-order valence-electron chi connectivity index (χ3n) is 2.58. The molecule has 0 bridgehead atoms. The van der Waals surface area contributed by atoms with Gasteiger partial charge in [-0.3, -0.25) is 4.68 Å². The van der Waals surface area contributed by atoms with E-state index in [1.165, 1.54) is 16.6 Å². The molecule has 0 fully saturated rings. The summed E-state index contributed by atoms with van der Waals surface area (Å²) in [6.07, 6.45) is 1.00. The summed E-state index contributed by atoms with van der Waals surface area (Å²) in [7, 11) is 1.73. The van der Waals surface area contributed by atoms with E-state index in [2.05, 4.69) is 56.6 Å². The fraction of sp³-hybridized carbons (Fsp3) is 0.417. The van der Waals surface area contributed by atoms with Crippen molar-refractivity contribution in [2.45, 2.75) is 17.4 Å². The van der Waals surface area contributed by atoms with Gasteiger partial charge in [0.25, 0.3) is 0 Å². The third kappa shape index (κ3) is 2.38. The highest BCUT2D eigenvalue weighted by Gasteiger charge is 2.07. The average molecular weight is 330 g/mol. The predicted octanol–water partition coefficient (Wildman–Crippen LogP) is 3.01. The number of halogens is 1. The van der Waals surface area contributed by atoms with Crippen LogP contribution in [0.5, 0.6) is 0 Å². The molecule has 0 amide bonds. The van der Waals surface area contributed by atoms with Crippen LogP contribution in [0.4, 0.5) is 0 Å². The van der Waals surface area contributed by atoms with Crippen molar-refractivity contribution in [2.75, 3.05) is 13.7 Å². The maximum atomic E-state index is 5.07. The molecule has 3 nitrogen and oxygen atoms in total. The Balaban J connectivity index is 2.30. The molecule has 0 N–H and O–H groups in total. The van der Waals surface area contributed by atoms with Gasteiger partial charge in [-0.05, 0) is 12.5 Å². The van der Waals surface area contributed by atoms with Crippen molar-refractivity contribution in [3.63, 3.8) is 0 Å². The Labute approximate surface area is 109 Å². The van der Waals surface area contributed by atoms with Crippen molar-refractivity contribution >= 4 is 33.5 Å². The molecule has 0 spiro atoms. The van der Waals surface area contributed by atoms with Crippen LogP contribution in [0.2, 0.25) is 0 Å². The van der Waals surface area contributed by atoms with Gasteiger partial charge in [-0.2, -0.15) is 5.10 Å². The molecule has 0 atom stereocenters. The molecule has 16 heavy (non-hydrogen) atoms. The third-order valence-corrected chi connectivity index (χ3v) is 3.30. The van der Waals surface area contributed by atoms with Crippen molar-refractivity contribution in [1.29, 1.82) is 0 Å². The minimum atomic E-state index is 0.785. The van der Waals surface area contributed by atoms with Gasteiger partial charge in [-0.15, -0.1) is 0 Å². The molecular weight excluding hydrogens is 315 g/mol. The average Bonchev–Trinajstić information content (AvgIpc) is 2.68. The molecule has 0 saturated heterocycles. The number of fused-ring (bicyclic) bond motifs is 1. The molecule has 0 saturated carbocycles. The number of para-hydroxylation sites is 1. The summed E-state index contributed by atoms with van der Waals surface area (Å²) in [5, 5.41) is 5.91. The Kier molecular flexibility index (Phi) is 4.17. The molecule has 86 valence electrons. The number of rotatable bonds is 5. The maximum absolute atomic E-state index is 5.07. The van der Waals surface area contributed by atoms with Gasteiger partial charge < -0.3 is 4.74 Å². The lowest BCUT2D eigenvalue weighted by molar-refractivity contribution is 0.189. The monoisotopic (exact) mass is 330 g/mol. The van der Waals surface area contributed by atoms with E-state index in [0.29, 0.717) is 0 Å². The van der Waals surface area contributed by atoms with Crippen LogP contribution < -0.4 is 0 Å². The number of hydrogen-bond acceptors (Lipinski definition) is 2. The number of aromatic nitrogens is 2. The van der Waals surface area contributed by atoms with E-state index in [1.807, 2.05) is 0 Å². The van der Waals surface area contributed by atoms with Crippen molar-refractivity contribution in [1.82, 2.24) is 9.78 Å². The van der Waals surface area contributed by atoms with Crippen molar-refractivity contribution < 1.29 is 4.74 Å². The number of ether oxygens (including phenoxy) is 1. The lowest BCUT2D eigenvalue weighted by Gasteiger charge is -2.02. The van der Waals surface area contributed by atoms with Crippen molar-refractivity contribution in [3.8, 4) is 0 Å². The first-order valence-electron chi connectivity index (χ1n) is 5.36. The van der Waals surface area contributed by atoms with Gasteiger partial charge in [0.05, 0.1) is 11.2 Å². The molecule has 0 aliphatic carbocycles. The van der Waals surface area contributed by atoms with Crippen LogP contribution >= 0.6 is 22.6 Å². The molecule has 1 heterocycles. The summed E-state index contributed by atoms with van der Waals surface area (Å²) < 4.78 is 8.11. The molecule has 2 aromatic rings. The number of benzene rings is 1. The van der Waals surface area contributed by atoms with E-state index in [-0.39, 0.29) is 0 Å². The maximum Gasteiger partial charge on any atom is 0.0800 e. The highest BCUT2D eigenvalue weighted by molar-refractivity contribution is 14.1. The highest BCUT2D eigenvalue weighted by atomic mass is 127. The molecule has 0 aliphatic heterocycles. The summed E-state index contributed by atoms with van der Waals surface area (Å²) >= 11 is 2.36. The summed E-state index contributed by atoms with van der Waals surface area (Å²) in [4.78, 5) is 0. The predicted molar refractivity (Wildman–Crippen MR) is 74.0 cm³/mol. The number of nitrogens with zero attached hydrogens (tertiary/aromatic N) is 2. The molecule has 1 aromatic heterocycles. The van der Waals surface area contributed by atoms with Crippen LogP contribution in [0, 0.1) is 0 Å². The lowest BCUT2D eigenvalue weighted by atomic mass is 10.2. The fourth-order valence-corrected chi connectivity index (χ4v) is 2.39.